The van der Waals surface area contributed by atoms with Crippen molar-refractivity contribution < 1.29 is 19.7 Å². The number of ether oxygens (including phenoxy) is 1. The van der Waals surface area contributed by atoms with Gasteiger partial charge in [-0.05, 0) is 28.4 Å². The number of carboxylic acid groups (broad SMARTS) is 1. The summed E-state index contributed by atoms with van der Waals surface area (Å²) in [5, 5.41) is 18.1. The van der Waals surface area contributed by atoms with Crippen molar-refractivity contribution in [1.82, 2.24) is 0 Å². The van der Waals surface area contributed by atoms with E-state index in [2.05, 4.69) is 15.9 Å². The number of benzene rings is 1. The van der Waals surface area contributed by atoms with E-state index in [9.17, 15) is 9.90 Å². The van der Waals surface area contributed by atoms with E-state index in [1.165, 1.54) is 7.11 Å². The molecular weight excluding hydrogens is 264 g/mol. The highest BCUT2D eigenvalue weighted by atomic mass is 79.9. The molecule has 4 nitrogen and oxygen atoms in total. The number of aliphatic hydroxyl groups excluding tert-OH is 1. The zero-order valence-electron chi connectivity index (χ0n) is 8.32. The Morgan fingerprint density at radius 2 is 2.13 bits per heavy atom. The Kier molecular flexibility index (Phi) is 3.71. The van der Waals surface area contributed by atoms with Crippen LogP contribution in [0.25, 0.3) is 0 Å². The number of carboxylic acids is 1. The molecule has 0 aliphatic heterocycles. The van der Waals surface area contributed by atoms with Crippen LogP contribution in [0, 0.1) is 6.92 Å². The summed E-state index contributed by atoms with van der Waals surface area (Å²) >= 11 is 3.21. The number of methoxy groups -OCH3 is 1. The Morgan fingerprint density at radius 3 is 2.60 bits per heavy atom. The summed E-state index contributed by atoms with van der Waals surface area (Å²) in [6.45, 7) is 1.83. The topological polar surface area (TPSA) is 66.8 Å². The molecule has 5 heteroatoms. The molecule has 0 spiro atoms. The minimum atomic E-state index is -1.55. The van der Waals surface area contributed by atoms with E-state index >= 15 is 0 Å². The van der Waals surface area contributed by atoms with Gasteiger partial charge < -0.3 is 14.9 Å². The molecule has 0 aliphatic carbocycles. The Balaban J connectivity index is 3.27. The third kappa shape index (κ3) is 2.30. The molecule has 1 aromatic carbocycles. The SMILES string of the molecule is COc1c(C)ccc(C(O)C(=O)O)c1Br. The molecule has 1 aromatic rings. The fourth-order valence-corrected chi connectivity index (χ4v) is 2.09. The number of aliphatic hydroxyl groups is 1. The number of hydrogen-bond acceptors (Lipinski definition) is 3. The van der Waals surface area contributed by atoms with Gasteiger partial charge in [-0.25, -0.2) is 4.79 Å². The largest absolute Gasteiger partial charge is 0.495 e. The van der Waals surface area contributed by atoms with Gasteiger partial charge in [0.1, 0.15) is 5.75 Å². The average molecular weight is 275 g/mol. The number of rotatable bonds is 3. The predicted molar refractivity (Wildman–Crippen MR) is 58.0 cm³/mol. The maximum Gasteiger partial charge on any atom is 0.337 e. The molecule has 0 aliphatic rings. The fraction of sp³-hybridized carbons (Fsp3) is 0.300. The second kappa shape index (κ2) is 4.63. The number of aryl methyl sites for hydroxylation is 1. The van der Waals surface area contributed by atoms with Crippen LogP contribution < -0.4 is 4.74 Å². The molecule has 1 atom stereocenters. The molecule has 15 heavy (non-hydrogen) atoms. The van der Waals surface area contributed by atoms with Crippen molar-refractivity contribution >= 4 is 21.9 Å². The molecule has 1 rings (SSSR count). The molecule has 2 N–H and O–H groups in total. The molecule has 0 fully saturated rings. The second-order valence-electron chi connectivity index (χ2n) is 3.06. The number of hydrogen-bond donors (Lipinski definition) is 2. The third-order valence-corrected chi connectivity index (χ3v) is 2.87. The maximum absolute atomic E-state index is 10.6. The van der Waals surface area contributed by atoms with Crippen molar-refractivity contribution in [2.24, 2.45) is 0 Å². The lowest BCUT2D eigenvalue weighted by Gasteiger charge is -2.13. The molecule has 0 bridgehead atoms. The minimum Gasteiger partial charge on any atom is -0.495 e. The molecule has 0 heterocycles. The Labute approximate surface area is 95.6 Å². The molecule has 82 valence electrons. The Hall–Kier alpha value is -1.07. The van der Waals surface area contributed by atoms with Gasteiger partial charge in [0, 0.05) is 5.56 Å². The zero-order valence-corrected chi connectivity index (χ0v) is 9.91. The smallest absolute Gasteiger partial charge is 0.337 e. The normalized spacial score (nSPS) is 12.3. The highest BCUT2D eigenvalue weighted by molar-refractivity contribution is 9.10. The number of carbonyl (C=O) groups is 1. The quantitative estimate of drug-likeness (QED) is 0.883. The van der Waals surface area contributed by atoms with Crippen LogP contribution in [-0.4, -0.2) is 23.3 Å². The van der Waals surface area contributed by atoms with Gasteiger partial charge in [-0.3, -0.25) is 0 Å². The molecule has 0 saturated heterocycles. The van der Waals surface area contributed by atoms with Gasteiger partial charge in [0.05, 0.1) is 11.6 Å². The standard InChI is InChI=1S/C10H11BrO4/c1-5-3-4-6(8(12)10(13)14)7(11)9(5)15-2/h3-4,8,12H,1-2H3,(H,13,14). The van der Waals surface area contributed by atoms with Crippen LogP contribution in [-0.2, 0) is 4.79 Å². The molecule has 0 radical (unpaired) electrons. The van der Waals surface area contributed by atoms with Gasteiger partial charge in [0.15, 0.2) is 6.10 Å². The summed E-state index contributed by atoms with van der Waals surface area (Å²) in [5.41, 5.74) is 1.15. The van der Waals surface area contributed by atoms with Gasteiger partial charge in [-0.15, -0.1) is 0 Å². The van der Waals surface area contributed by atoms with Gasteiger partial charge in [0.2, 0.25) is 0 Å². The van der Waals surface area contributed by atoms with E-state index in [-0.39, 0.29) is 5.56 Å². The molecular formula is C10H11BrO4. The number of aliphatic carboxylic acids is 1. The summed E-state index contributed by atoms with van der Waals surface area (Å²) in [5.74, 6) is -0.755. The van der Waals surface area contributed by atoms with Gasteiger partial charge >= 0.3 is 5.97 Å². The van der Waals surface area contributed by atoms with Crippen LogP contribution >= 0.6 is 15.9 Å². The lowest BCUT2D eigenvalue weighted by Crippen LogP contribution is -2.11. The van der Waals surface area contributed by atoms with Crippen molar-refractivity contribution in [1.29, 1.82) is 0 Å². The van der Waals surface area contributed by atoms with Gasteiger partial charge in [0.25, 0.3) is 0 Å². The summed E-state index contributed by atoms with van der Waals surface area (Å²) in [6, 6.07) is 3.26. The second-order valence-corrected chi connectivity index (χ2v) is 3.85. The van der Waals surface area contributed by atoms with Crippen molar-refractivity contribution in [2.45, 2.75) is 13.0 Å². The maximum atomic E-state index is 10.6. The van der Waals surface area contributed by atoms with Crippen molar-refractivity contribution in [3.63, 3.8) is 0 Å². The Morgan fingerprint density at radius 1 is 1.53 bits per heavy atom. The first-order chi connectivity index (χ1) is 6.99. The summed E-state index contributed by atoms with van der Waals surface area (Å²) in [7, 11) is 1.49. The van der Waals surface area contributed by atoms with E-state index in [0.717, 1.165) is 5.56 Å². The number of halogens is 1. The lowest BCUT2D eigenvalue weighted by atomic mass is 10.1. The first-order valence-corrected chi connectivity index (χ1v) is 5.02. The van der Waals surface area contributed by atoms with E-state index in [0.29, 0.717) is 10.2 Å². The fourth-order valence-electron chi connectivity index (χ4n) is 1.26. The van der Waals surface area contributed by atoms with E-state index in [1.54, 1.807) is 12.1 Å². The summed E-state index contributed by atoms with van der Waals surface area (Å²) in [4.78, 5) is 10.6. The van der Waals surface area contributed by atoms with Crippen molar-refractivity contribution in [3.05, 3.63) is 27.7 Å². The summed E-state index contributed by atoms with van der Waals surface area (Å²) in [6.07, 6.45) is -1.55. The summed E-state index contributed by atoms with van der Waals surface area (Å²) < 4.78 is 5.57. The predicted octanol–water partition coefficient (Wildman–Crippen LogP) is 1.88. The minimum absolute atomic E-state index is 0.282. The highest BCUT2D eigenvalue weighted by Gasteiger charge is 2.21. The van der Waals surface area contributed by atoms with E-state index in [4.69, 9.17) is 9.84 Å². The van der Waals surface area contributed by atoms with Crippen LogP contribution in [0.2, 0.25) is 0 Å². The van der Waals surface area contributed by atoms with Gasteiger partial charge in [-0.2, -0.15) is 0 Å². The lowest BCUT2D eigenvalue weighted by molar-refractivity contribution is -0.147. The Bertz CT molecular complexity index is 389. The van der Waals surface area contributed by atoms with Crippen molar-refractivity contribution in [2.75, 3.05) is 7.11 Å². The van der Waals surface area contributed by atoms with Crippen LogP contribution in [0.15, 0.2) is 16.6 Å². The molecule has 0 saturated carbocycles. The van der Waals surface area contributed by atoms with E-state index in [1.807, 2.05) is 6.92 Å². The van der Waals surface area contributed by atoms with Crippen LogP contribution in [0.3, 0.4) is 0 Å². The third-order valence-electron chi connectivity index (χ3n) is 2.06. The van der Waals surface area contributed by atoms with E-state index < -0.39 is 12.1 Å². The average Bonchev–Trinajstić information content (AvgIpc) is 2.17. The monoisotopic (exact) mass is 274 g/mol. The van der Waals surface area contributed by atoms with Crippen LogP contribution in [0.4, 0.5) is 0 Å². The van der Waals surface area contributed by atoms with Crippen molar-refractivity contribution in [3.8, 4) is 5.75 Å². The zero-order chi connectivity index (χ0) is 11.6. The van der Waals surface area contributed by atoms with Crippen LogP contribution in [0.5, 0.6) is 5.75 Å². The first kappa shape index (κ1) is 12.0. The molecule has 0 aromatic heterocycles. The molecule has 1 unspecified atom stereocenters. The highest BCUT2D eigenvalue weighted by Crippen LogP contribution is 2.35. The molecule has 0 amide bonds. The van der Waals surface area contributed by atoms with Crippen LogP contribution in [0.1, 0.15) is 17.2 Å². The first-order valence-electron chi connectivity index (χ1n) is 4.23. The van der Waals surface area contributed by atoms with Gasteiger partial charge in [-0.1, -0.05) is 12.1 Å².